The van der Waals surface area contributed by atoms with Crippen LogP contribution in [0.5, 0.6) is 0 Å². The van der Waals surface area contributed by atoms with Crippen molar-refractivity contribution in [1.29, 1.82) is 0 Å². The Bertz CT molecular complexity index is 793. The van der Waals surface area contributed by atoms with Gasteiger partial charge in [-0.2, -0.15) is 0 Å². The number of hydrogen-bond acceptors (Lipinski definition) is 2. The number of fused-ring (bicyclic) bond motifs is 1. The Hall–Kier alpha value is -1.84. The Morgan fingerprint density at radius 2 is 1.77 bits per heavy atom. The summed E-state index contributed by atoms with van der Waals surface area (Å²) in [6.07, 6.45) is 5.39. The molecule has 1 saturated heterocycles. The fraction of sp³-hybridized carbons (Fsp3) is 0.409. The highest BCUT2D eigenvalue weighted by Crippen LogP contribution is 2.40. The number of aryl methyl sites for hydroxylation is 1. The average Bonchev–Trinajstić information content (AvgIpc) is 2.67. The molecule has 4 rings (SSSR count). The third-order valence-corrected chi connectivity index (χ3v) is 6.06. The monoisotopic (exact) mass is 367 g/mol. The molecule has 0 atom stereocenters. The molecule has 2 N–H and O–H groups in total. The molecular weight excluding hydrogens is 342 g/mol. The summed E-state index contributed by atoms with van der Waals surface area (Å²) in [5.74, 6) is 1.19. The predicted octanol–water partition coefficient (Wildman–Crippen LogP) is 4.71. The first-order valence-electron chi connectivity index (χ1n) is 9.61. The van der Waals surface area contributed by atoms with Gasteiger partial charge < -0.3 is 10.6 Å². The normalized spacial score (nSPS) is 20.0. The Kier molecular flexibility index (Phi) is 5.28. The van der Waals surface area contributed by atoms with Crippen LogP contribution >= 0.6 is 11.6 Å². The first kappa shape index (κ1) is 17.6. The molecule has 0 bridgehead atoms. The van der Waals surface area contributed by atoms with Crippen molar-refractivity contribution in [1.82, 2.24) is 5.32 Å². The van der Waals surface area contributed by atoms with E-state index in [0.29, 0.717) is 0 Å². The molecule has 26 heavy (non-hydrogen) atoms. The van der Waals surface area contributed by atoms with Crippen LogP contribution in [-0.4, -0.2) is 25.5 Å². The van der Waals surface area contributed by atoms with Gasteiger partial charge in [0.15, 0.2) is 0 Å². The van der Waals surface area contributed by atoms with Crippen LogP contribution in [0, 0.1) is 5.41 Å². The van der Waals surface area contributed by atoms with E-state index in [-0.39, 0.29) is 5.41 Å². The van der Waals surface area contributed by atoms with Crippen LogP contribution < -0.4 is 10.6 Å². The number of halogens is 1. The summed E-state index contributed by atoms with van der Waals surface area (Å²) in [4.78, 5) is 5.04. The Labute approximate surface area is 160 Å². The lowest BCUT2D eigenvalue weighted by molar-refractivity contribution is 0.293. The van der Waals surface area contributed by atoms with Gasteiger partial charge in [-0.1, -0.05) is 48.0 Å². The summed E-state index contributed by atoms with van der Waals surface area (Å²) in [5.41, 5.74) is 4.03. The van der Waals surface area contributed by atoms with E-state index < -0.39 is 0 Å². The minimum atomic E-state index is 0.171. The first-order valence-corrected chi connectivity index (χ1v) is 9.99. The van der Waals surface area contributed by atoms with E-state index >= 15 is 0 Å². The second kappa shape index (κ2) is 7.81. The number of amidine groups is 1. The highest BCUT2D eigenvalue weighted by Gasteiger charge is 2.40. The molecule has 2 aromatic carbocycles. The minimum absolute atomic E-state index is 0.171. The Morgan fingerprint density at radius 3 is 2.62 bits per heavy atom. The molecule has 0 radical (unpaired) electrons. The quantitative estimate of drug-likeness (QED) is 0.768. The molecule has 4 heteroatoms. The van der Waals surface area contributed by atoms with Crippen molar-refractivity contribution in [2.45, 2.75) is 32.1 Å². The van der Waals surface area contributed by atoms with Gasteiger partial charge in [0.25, 0.3) is 0 Å². The van der Waals surface area contributed by atoms with Crippen molar-refractivity contribution in [3.63, 3.8) is 0 Å². The van der Waals surface area contributed by atoms with E-state index in [9.17, 15) is 0 Å². The number of rotatable bonds is 4. The van der Waals surface area contributed by atoms with Crippen molar-refractivity contribution in [2.75, 3.05) is 25.0 Å². The highest BCUT2D eigenvalue weighted by atomic mass is 35.5. The van der Waals surface area contributed by atoms with Crippen molar-refractivity contribution >= 4 is 23.1 Å². The molecule has 0 amide bonds. The Morgan fingerprint density at radius 1 is 1.00 bits per heavy atom. The molecule has 0 aliphatic carbocycles. The van der Waals surface area contributed by atoms with Gasteiger partial charge >= 0.3 is 0 Å². The first-order chi connectivity index (χ1) is 12.8. The van der Waals surface area contributed by atoms with Crippen LogP contribution in [0.25, 0.3) is 0 Å². The zero-order valence-corrected chi connectivity index (χ0v) is 15.9. The van der Waals surface area contributed by atoms with Gasteiger partial charge in [0.05, 0.1) is 0 Å². The molecule has 0 unspecified atom stereocenters. The SMILES string of the molecule is Clc1ccccc1CCCN=C1Nc2ccccc2CC12CCNCC2. The predicted molar refractivity (Wildman–Crippen MR) is 110 cm³/mol. The number of nitrogens with one attached hydrogen (secondary N) is 2. The van der Waals surface area contributed by atoms with Crippen LogP contribution in [0.4, 0.5) is 5.69 Å². The van der Waals surface area contributed by atoms with Gasteiger partial charge in [-0.15, -0.1) is 0 Å². The summed E-state index contributed by atoms with van der Waals surface area (Å²) in [6.45, 7) is 2.98. The maximum Gasteiger partial charge on any atom is 0.107 e. The molecule has 2 heterocycles. The van der Waals surface area contributed by atoms with Crippen LogP contribution in [0.3, 0.4) is 0 Å². The third kappa shape index (κ3) is 3.65. The lowest BCUT2D eigenvalue weighted by atomic mass is 9.71. The van der Waals surface area contributed by atoms with Gasteiger partial charge in [0.1, 0.15) is 5.84 Å². The van der Waals surface area contributed by atoms with Crippen LogP contribution in [0.2, 0.25) is 5.02 Å². The number of anilines is 1. The maximum absolute atomic E-state index is 6.27. The molecular formula is C22H26ClN3. The summed E-state index contributed by atoms with van der Waals surface area (Å²) in [6, 6.07) is 16.8. The van der Waals surface area contributed by atoms with Gasteiger partial charge in [-0.05, 0) is 68.5 Å². The Balaban J connectivity index is 1.49. The van der Waals surface area contributed by atoms with Gasteiger partial charge in [0, 0.05) is 22.7 Å². The molecule has 0 saturated carbocycles. The van der Waals surface area contributed by atoms with Crippen molar-refractivity contribution in [2.24, 2.45) is 10.4 Å². The smallest absolute Gasteiger partial charge is 0.107 e. The maximum atomic E-state index is 6.27. The lowest BCUT2D eigenvalue weighted by Crippen LogP contribution is -2.48. The lowest BCUT2D eigenvalue weighted by Gasteiger charge is -2.42. The van der Waals surface area contributed by atoms with E-state index in [4.69, 9.17) is 16.6 Å². The van der Waals surface area contributed by atoms with E-state index in [1.807, 2.05) is 12.1 Å². The van der Waals surface area contributed by atoms with E-state index in [0.717, 1.165) is 56.8 Å². The molecule has 1 spiro atoms. The molecule has 3 nitrogen and oxygen atoms in total. The zero-order valence-electron chi connectivity index (χ0n) is 15.1. The van der Waals surface area contributed by atoms with E-state index in [2.05, 4.69) is 47.0 Å². The number of piperidine rings is 1. The molecule has 1 fully saturated rings. The number of nitrogens with zero attached hydrogens (tertiary/aromatic N) is 1. The summed E-state index contributed by atoms with van der Waals surface area (Å²) < 4.78 is 0. The summed E-state index contributed by atoms with van der Waals surface area (Å²) >= 11 is 6.27. The highest BCUT2D eigenvalue weighted by molar-refractivity contribution is 6.31. The molecule has 2 aliphatic heterocycles. The van der Waals surface area contributed by atoms with Gasteiger partial charge in [-0.3, -0.25) is 4.99 Å². The van der Waals surface area contributed by atoms with Crippen LogP contribution in [0.15, 0.2) is 53.5 Å². The fourth-order valence-electron chi connectivity index (χ4n) is 4.19. The molecule has 2 aliphatic rings. The molecule has 2 aromatic rings. The number of benzene rings is 2. The molecule has 0 aromatic heterocycles. The van der Waals surface area contributed by atoms with Crippen LogP contribution in [0.1, 0.15) is 30.4 Å². The second-order valence-corrected chi connectivity index (χ2v) is 7.82. The average molecular weight is 368 g/mol. The topological polar surface area (TPSA) is 36.4 Å². The van der Waals surface area contributed by atoms with Gasteiger partial charge in [-0.25, -0.2) is 0 Å². The number of hydrogen-bond donors (Lipinski definition) is 2. The van der Waals surface area contributed by atoms with Crippen LogP contribution in [-0.2, 0) is 12.8 Å². The van der Waals surface area contributed by atoms with E-state index in [1.165, 1.54) is 22.6 Å². The third-order valence-electron chi connectivity index (χ3n) is 5.69. The largest absolute Gasteiger partial charge is 0.343 e. The van der Waals surface area contributed by atoms with Crippen molar-refractivity contribution in [3.05, 3.63) is 64.7 Å². The second-order valence-electron chi connectivity index (χ2n) is 7.41. The van der Waals surface area contributed by atoms with Gasteiger partial charge in [0.2, 0.25) is 0 Å². The van der Waals surface area contributed by atoms with Crippen molar-refractivity contribution < 1.29 is 0 Å². The minimum Gasteiger partial charge on any atom is -0.343 e. The summed E-state index contributed by atoms with van der Waals surface area (Å²) in [7, 11) is 0. The zero-order chi connectivity index (χ0) is 17.8. The number of para-hydroxylation sites is 1. The molecule has 136 valence electrons. The van der Waals surface area contributed by atoms with E-state index in [1.54, 1.807) is 0 Å². The van der Waals surface area contributed by atoms with Crippen molar-refractivity contribution in [3.8, 4) is 0 Å². The summed E-state index contributed by atoms with van der Waals surface area (Å²) in [5, 5.41) is 8.02. The fourth-order valence-corrected chi connectivity index (χ4v) is 4.42. The number of aliphatic imine (C=N–C) groups is 1. The standard InChI is InChI=1S/C22H26ClN3/c23-19-9-3-1-6-17(19)8-5-13-25-21-22(11-14-24-15-12-22)16-18-7-2-4-10-20(18)26-21/h1-4,6-7,9-10,24H,5,8,11-16H2,(H,25,26).